The summed E-state index contributed by atoms with van der Waals surface area (Å²) in [6.07, 6.45) is 1.42. The van der Waals surface area contributed by atoms with Crippen LogP contribution in [0.5, 0.6) is 6.01 Å². The zero-order valence-corrected chi connectivity index (χ0v) is 8.93. The summed E-state index contributed by atoms with van der Waals surface area (Å²) in [5, 5.41) is 0. The molecule has 0 saturated carbocycles. The van der Waals surface area contributed by atoms with Gasteiger partial charge in [0.2, 0.25) is 0 Å². The van der Waals surface area contributed by atoms with Crippen molar-refractivity contribution in [2.24, 2.45) is 0 Å². The van der Waals surface area contributed by atoms with E-state index in [1.807, 2.05) is 31.2 Å². The predicted octanol–water partition coefficient (Wildman–Crippen LogP) is 1.66. The largest absolute Gasteiger partial charge is 0.460 e. The molecule has 0 aliphatic heterocycles. The van der Waals surface area contributed by atoms with Crippen LogP contribution in [-0.2, 0) is 6.61 Å². The first-order valence-electron chi connectivity index (χ1n) is 4.98. The summed E-state index contributed by atoms with van der Waals surface area (Å²) < 4.78 is 5.36. The van der Waals surface area contributed by atoms with E-state index < -0.39 is 0 Å². The van der Waals surface area contributed by atoms with Gasteiger partial charge in [-0.3, -0.25) is 9.78 Å². The van der Waals surface area contributed by atoms with Gasteiger partial charge in [-0.1, -0.05) is 29.8 Å². The third kappa shape index (κ3) is 2.70. The van der Waals surface area contributed by atoms with E-state index in [-0.39, 0.29) is 11.6 Å². The van der Waals surface area contributed by atoms with E-state index in [1.165, 1.54) is 17.8 Å². The maximum Gasteiger partial charge on any atom is 0.296 e. The van der Waals surface area contributed by atoms with E-state index >= 15 is 0 Å². The van der Waals surface area contributed by atoms with Crippen LogP contribution in [0.25, 0.3) is 0 Å². The number of nitrogens with zero attached hydrogens (tertiary/aromatic N) is 1. The van der Waals surface area contributed by atoms with Crippen molar-refractivity contribution in [2.45, 2.75) is 13.5 Å². The fourth-order valence-corrected chi connectivity index (χ4v) is 1.38. The zero-order chi connectivity index (χ0) is 11.4. The average molecular weight is 216 g/mol. The highest BCUT2D eigenvalue weighted by Gasteiger charge is 1.97. The molecule has 0 fully saturated rings. The predicted molar refractivity (Wildman–Crippen MR) is 60.4 cm³/mol. The molecule has 2 rings (SSSR count). The lowest BCUT2D eigenvalue weighted by Crippen LogP contribution is -2.08. The van der Waals surface area contributed by atoms with Gasteiger partial charge in [0.15, 0.2) is 0 Å². The van der Waals surface area contributed by atoms with Gasteiger partial charge in [-0.2, -0.15) is 0 Å². The van der Waals surface area contributed by atoms with Crippen molar-refractivity contribution >= 4 is 0 Å². The minimum atomic E-state index is -0.214. The topological polar surface area (TPSA) is 55.0 Å². The fourth-order valence-electron chi connectivity index (χ4n) is 1.38. The molecule has 1 N–H and O–H groups in total. The van der Waals surface area contributed by atoms with Gasteiger partial charge >= 0.3 is 0 Å². The van der Waals surface area contributed by atoms with Crippen LogP contribution in [0, 0.1) is 6.92 Å². The van der Waals surface area contributed by atoms with E-state index in [9.17, 15) is 4.79 Å². The second-order valence-electron chi connectivity index (χ2n) is 3.52. The summed E-state index contributed by atoms with van der Waals surface area (Å²) in [4.78, 5) is 17.4. The molecule has 0 aliphatic rings. The molecule has 0 saturated heterocycles. The van der Waals surface area contributed by atoms with Crippen molar-refractivity contribution in [1.82, 2.24) is 9.97 Å². The van der Waals surface area contributed by atoms with Crippen LogP contribution in [-0.4, -0.2) is 9.97 Å². The monoisotopic (exact) mass is 216 g/mol. The van der Waals surface area contributed by atoms with Gasteiger partial charge in [-0.15, -0.1) is 0 Å². The van der Waals surface area contributed by atoms with Crippen LogP contribution in [0.2, 0.25) is 0 Å². The molecule has 16 heavy (non-hydrogen) atoms. The maximum absolute atomic E-state index is 11.0. The Bertz CT molecular complexity index is 534. The Morgan fingerprint density at radius 1 is 1.38 bits per heavy atom. The van der Waals surface area contributed by atoms with Gasteiger partial charge in [0, 0.05) is 12.3 Å². The number of benzene rings is 1. The summed E-state index contributed by atoms with van der Waals surface area (Å²) in [6, 6.07) is 9.57. The van der Waals surface area contributed by atoms with E-state index in [4.69, 9.17) is 4.74 Å². The lowest BCUT2D eigenvalue weighted by Gasteiger charge is -2.04. The molecule has 0 amide bonds. The molecule has 0 bridgehead atoms. The Hall–Kier alpha value is -2.10. The van der Waals surface area contributed by atoms with Gasteiger partial charge in [0.25, 0.3) is 11.6 Å². The summed E-state index contributed by atoms with van der Waals surface area (Å²) in [5.74, 6) is 0. The second-order valence-corrected chi connectivity index (χ2v) is 3.52. The van der Waals surface area contributed by atoms with Gasteiger partial charge < -0.3 is 4.74 Å². The first-order chi connectivity index (χ1) is 7.74. The number of hydrogen-bond donors (Lipinski definition) is 1. The highest BCUT2D eigenvalue weighted by molar-refractivity contribution is 5.21. The van der Waals surface area contributed by atoms with Crippen molar-refractivity contribution in [2.75, 3.05) is 0 Å². The third-order valence-corrected chi connectivity index (χ3v) is 2.11. The molecular weight excluding hydrogens is 204 g/mol. The highest BCUT2D eigenvalue weighted by atomic mass is 16.5. The van der Waals surface area contributed by atoms with Gasteiger partial charge in [0.1, 0.15) is 6.61 Å². The van der Waals surface area contributed by atoms with E-state index in [2.05, 4.69) is 9.97 Å². The molecule has 0 atom stereocenters. The smallest absolute Gasteiger partial charge is 0.296 e. The minimum Gasteiger partial charge on any atom is -0.460 e. The Balaban J connectivity index is 2.05. The van der Waals surface area contributed by atoms with Crippen LogP contribution in [0.1, 0.15) is 11.1 Å². The molecule has 2 aromatic rings. The number of aromatic nitrogens is 2. The first-order valence-corrected chi connectivity index (χ1v) is 4.98. The van der Waals surface area contributed by atoms with Gasteiger partial charge in [-0.25, -0.2) is 4.98 Å². The summed E-state index contributed by atoms with van der Waals surface area (Å²) in [6.45, 7) is 2.42. The van der Waals surface area contributed by atoms with Crippen LogP contribution in [0.15, 0.2) is 41.3 Å². The summed E-state index contributed by atoms with van der Waals surface area (Å²) in [5.41, 5.74) is 2.01. The van der Waals surface area contributed by atoms with E-state index in [1.54, 1.807) is 0 Å². The molecule has 0 unspecified atom stereocenters. The Labute approximate surface area is 92.9 Å². The lowest BCUT2D eigenvalue weighted by atomic mass is 10.1. The fraction of sp³-hybridized carbons (Fsp3) is 0.167. The number of nitrogens with one attached hydrogen (secondary N) is 1. The summed E-state index contributed by atoms with van der Waals surface area (Å²) in [7, 11) is 0. The SMILES string of the molecule is Cc1cccc(COc2nccc(=O)[nH]2)c1. The van der Waals surface area contributed by atoms with Crippen LogP contribution >= 0.6 is 0 Å². The Morgan fingerprint density at radius 3 is 3.00 bits per heavy atom. The third-order valence-electron chi connectivity index (χ3n) is 2.11. The Morgan fingerprint density at radius 2 is 2.25 bits per heavy atom. The average Bonchev–Trinajstić information content (AvgIpc) is 2.27. The number of aromatic amines is 1. The molecule has 1 heterocycles. The van der Waals surface area contributed by atoms with Crippen molar-refractivity contribution in [3.63, 3.8) is 0 Å². The van der Waals surface area contributed by atoms with Crippen molar-refractivity contribution in [1.29, 1.82) is 0 Å². The number of rotatable bonds is 3. The zero-order valence-electron chi connectivity index (χ0n) is 8.93. The molecule has 0 spiro atoms. The quantitative estimate of drug-likeness (QED) is 0.848. The van der Waals surface area contributed by atoms with Crippen LogP contribution in [0.3, 0.4) is 0 Å². The highest BCUT2D eigenvalue weighted by Crippen LogP contribution is 2.06. The van der Waals surface area contributed by atoms with Crippen molar-refractivity contribution in [3.05, 3.63) is 58.0 Å². The van der Waals surface area contributed by atoms with Crippen LogP contribution in [0.4, 0.5) is 0 Å². The molecule has 0 aliphatic carbocycles. The number of hydrogen-bond acceptors (Lipinski definition) is 3. The molecule has 1 aromatic carbocycles. The normalized spacial score (nSPS) is 10.1. The van der Waals surface area contributed by atoms with Crippen molar-refractivity contribution in [3.8, 4) is 6.01 Å². The molecule has 4 heteroatoms. The lowest BCUT2D eigenvalue weighted by molar-refractivity contribution is 0.279. The first kappa shape index (κ1) is 10.4. The second kappa shape index (κ2) is 4.61. The molecular formula is C12H12N2O2. The van der Waals surface area contributed by atoms with Gasteiger partial charge in [-0.05, 0) is 12.5 Å². The minimum absolute atomic E-state index is 0.214. The number of ether oxygens (including phenoxy) is 1. The maximum atomic E-state index is 11.0. The molecule has 1 aromatic heterocycles. The molecule has 4 nitrogen and oxygen atoms in total. The molecule has 0 radical (unpaired) electrons. The van der Waals surface area contributed by atoms with Crippen LogP contribution < -0.4 is 10.3 Å². The number of H-pyrrole nitrogens is 1. The van der Waals surface area contributed by atoms with Crippen molar-refractivity contribution < 1.29 is 4.74 Å². The van der Waals surface area contributed by atoms with E-state index in [0.29, 0.717) is 6.61 Å². The standard InChI is InChI=1S/C12H12N2O2/c1-9-3-2-4-10(7-9)8-16-12-13-6-5-11(15)14-12/h2-7H,8H2,1H3,(H,13,14,15). The number of aryl methyl sites for hydroxylation is 1. The van der Waals surface area contributed by atoms with Gasteiger partial charge in [0.05, 0.1) is 0 Å². The summed E-state index contributed by atoms with van der Waals surface area (Å²) >= 11 is 0. The van der Waals surface area contributed by atoms with E-state index in [0.717, 1.165) is 5.56 Å². The molecule has 82 valence electrons. The Kier molecular flexibility index (Phi) is 3.00.